The van der Waals surface area contributed by atoms with Gasteiger partial charge in [0.25, 0.3) is 5.91 Å². The summed E-state index contributed by atoms with van der Waals surface area (Å²) >= 11 is 1.09. The van der Waals surface area contributed by atoms with E-state index < -0.39 is 23.0 Å². The fourth-order valence-electron chi connectivity index (χ4n) is 3.48. The molecular weight excluding hydrogens is 410 g/mol. The van der Waals surface area contributed by atoms with Crippen LogP contribution in [0.1, 0.15) is 24.8 Å². The largest absolute Gasteiger partial charge is 0.325 e. The zero-order chi connectivity index (χ0) is 21.8. The Hall–Kier alpha value is -3.45. The maximum atomic E-state index is 12.9. The first kappa shape index (κ1) is 20.8. The number of nitrogens with zero attached hydrogens (tertiary/aromatic N) is 1. The van der Waals surface area contributed by atoms with Crippen molar-refractivity contribution in [3.8, 4) is 0 Å². The number of amides is 3. The van der Waals surface area contributed by atoms with Crippen LogP contribution in [0.4, 0.5) is 5.69 Å². The Kier molecular flexibility index (Phi) is 6.13. The fourth-order valence-corrected chi connectivity index (χ4v) is 4.39. The number of thioether (sulfide) groups is 1. The zero-order valence-electron chi connectivity index (χ0n) is 16.9. The van der Waals surface area contributed by atoms with E-state index in [9.17, 15) is 14.4 Å². The van der Waals surface area contributed by atoms with E-state index in [1.54, 1.807) is 24.3 Å². The Morgan fingerprint density at radius 1 is 1.03 bits per heavy atom. The first-order chi connectivity index (χ1) is 15.1. The first-order valence-electron chi connectivity index (χ1n) is 10.0. The van der Waals surface area contributed by atoms with Gasteiger partial charge in [0.2, 0.25) is 11.8 Å². The van der Waals surface area contributed by atoms with Gasteiger partial charge in [-0.3, -0.25) is 14.4 Å². The normalized spacial score (nSPS) is 17.1. The third-order valence-corrected chi connectivity index (χ3v) is 6.30. The van der Waals surface area contributed by atoms with Crippen molar-refractivity contribution in [2.24, 2.45) is 4.99 Å². The predicted octanol–water partition coefficient (Wildman–Crippen LogP) is 4.09. The lowest BCUT2D eigenvalue weighted by Crippen LogP contribution is -2.42. The third-order valence-electron chi connectivity index (χ3n) is 5.05. The van der Waals surface area contributed by atoms with Gasteiger partial charge in [-0.05, 0) is 23.4 Å². The molecule has 0 saturated carbocycles. The van der Waals surface area contributed by atoms with Crippen LogP contribution < -0.4 is 10.6 Å². The summed E-state index contributed by atoms with van der Waals surface area (Å²) in [6.45, 7) is 1.88. The van der Waals surface area contributed by atoms with E-state index in [2.05, 4.69) is 15.6 Å². The van der Waals surface area contributed by atoms with Crippen molar-refractivity contribution in [3.63, 3.8) is 0 Å². The summed E-state index contributed by atoms with van der Waals surface area (Å²) in [7, 11) is 0. The molecule has 1 aliphatic rings. The molecule has 0 radical (unpaired) electrons. The van der Waals surface area contributed by atoms with E-state index >= 15 is 0 Å². The lowest BCUT2D eigenvalue weighted by molar-refractivity contribution is -0.129. The maximum absolute atomic E-state index is 12.9. The lowest BCUT2D eigenvalue weighted by atomic mass is 9.97. The molecule has 0 aromatic heterocycles. The number of carbonyl (C=O) groups is 3. The van der Waals surface area contributed by atoms with Gasteiger partial charge >= 0.3 is 0 Å². The van der Waals surface area contributed by atoms with Crippen LogP contribution in [0.2, 0.25) is 0 Å². The van der Waals surface area contributed by atoms with Crippen molar-refractivity contribution in [2.45, 2.75) is 24.5 Å². The van der Waals surface area contributed by atoms with Crippen molar-refractivity contribution >= 4 is 51.1 Å². The highest BCUT2D eigenvalue weighted by atomic mass is 32.2. The SMILES string of the molecule is CC[C@@H](SC1=NC(=O)[C@H](c2ccccc2)C(=O)N1)C(=O)Nc1cccc2ccccc12. The molecule has 1 heterocycles. The van der Waals surface area contributed by atoms with E-state index in [-0.39, 0.29) is 11.1 Å². The Morgan fingerprint density at radius 3 is 2.48 bits per heavy atom. The highest BCUT2D eigenvalue weighted by Gasteiger charge is 2.34. The second-order valence-electron chi connectivity index (χ2n) is 7.12. The van der Waals surface area contributed by atoms with Crippen molar-refractivity contribution in [1.82, 2.24) is 5.32 Å². The topological polar surface area (TPSA) is 87.6 Å². The van der Waals surface area contributed by atoms with Crippen LogP contribution in [-0.2, 0) is 14.4 Å². The molecule has 3 aromatic rings. The Balaban J connectivity index is 1.49. The molecule has 0 bridgehead atoms. The number of anilines is 1. The quantitative estimate of drug-likeness (QED) is 0.596. The molecule has 0 spiro atoms. The molecule has 1 aliphatic heterocycles. The van der Waals surface area contributed by atoms with Crippen LogP contribution in [0.5, 0.6) is 0 Å². The van der Waals surface area contributed by atoms with E-state index in [0.717, 1.165) is 28.2 Å². The average Bonchev–Trinajstić information content (AvgIpc) is 2.78. The Bertz CT molecular complexity index is 1170. The van der Waals surface area contributed by atoms with Crippen molar-refractivity contribution in [2.75, 3.05) is 5.32 Å². The number of nitrogens with one attached hydrogen (secondary N) is 2. The molecule has 4 rings (SSSR count). The molecule has 0 unspecified atom stereocenters. The molecule has 0 fully saturated rings. The summed E-state index contributed by atoms with van der Waals surface area (Å²) in [5.74, 6) is -2.13. The summed E-state index contributed by atoms with van der Waals surface area (Å²) in [6, 6.07) is 22.3. The summed E-state index contributed by atoms with van der Waals surface area (Å²) in [6.07, 6.45) is 0.506. The minimum atomic E-state index is -0.963. The monoisotopic (exact) mass is 431 g/mol. The first-order valence-corrected chi connectivity index (χ1v) is 10.9. The molecule has 31 heavy (non-hydrogen) atoms. The average molecular weight is 432 g/mol. The molecule has 6 nitrogen and oxygen atoms in total. The van der Waals surface area contributed by atoms with Gasteiger partial charge < -0.3 is 10.6 Å². The van der Waals surface area contributed by atoms with Gasteiger partial charge in [-0.1, -0.05) is 85.4 Å². The van der Waals surface area contributed by atoms with Crippen LogP contribution in [-0.4, -0.2) is 28.1 Å². The van der Waals surface area contributed by atoms with Crippen LogP contribution in [0, 0.1) is 0 Å². The van der Waals surface area contributed by atoms with E-state index in [4.69, 9.17) is 0 Å². The number of rotatable bonds is 5. The van der Waals surface area contributed by atoms with Crippen LogP contribution in [0.15, 0.2) is 77.8 Å². The third kappa shape index (κ3) is 4.51. The van der Waals surface area contributed by atoms with E-state index in [1.807, 2.05) is 55.5 Å². The van der Waals surface area contributed by atoms with Gasteiger partial charge in [0.05, 0.1) is 5.25 Å². The summed E-state index contributed by atoms with van der Waals surface area (Å²) < 4.78 is 0. The molecule has 0 saturated heterocycles. The predicted molar refractivity (Wildman–Crippen MR) is 124 cm³/mol. The van der Waals surface area contributed by atoms with Crippen LogP contribution in [0.25, 0.3) is 10.8 Å². The summed E-state index contributed by atoms with van der Waals surface area (Å²) in [5, 5.41) is 7.27. The van der Waals surface area contributed by atoms with E-state index in [1.165, 1.54) is 0 Å². The highest BCUT2D eigenvalue weighted by Crippen LogP contribution is 2.27. The number of hydrogen-bond acceptors (Lipinski definition) is 4. The van der Waals surface area contributed by atoms with Crippen LogP contribution >= 0.6 is 11.8 Å². The number of amidine groups is 1. The molecule has 2 atom stereocenters. The standard InChI is InChI=1S/C24H21N3O3S/c1-2-19(21(28)25-18-14-8-12-15-9-6-7-13-17(15)18)31-24-26-22(29)20(23(30)27-24)16-10-4-3-5-11-16/h3-14,19-20H,2H2,1H3,(H,25,28)(H,26,27,29,30)/t19-/m1/s1. The van der Waals surface area contributed by atoms with Crippen molar-refractivity contribution in [3.05, 3.63) is 78.4 Å². The molecule has 3 amide bonds. The van der Waals surface area contributed by atoms with Crippen molar-refractivity contribution < 1.29 is 14.4 Å². The molecule has 2 N–H and O–H groups in total. The molecule has 7 heteroatoms. The second kappa shape index (κ2) is 9.14. The summed E-state index contributed by atoms with van der Waals surface area (Å²) in [5.41, 5.74) is 1.32. The Labute approximate surface area is 184 Å². The number of benzene rings is 3. The number of aliphatic imine (C=N–C) groups is 1. The van der Waals surface area contributed by atoms with E-state index in [0.29, 0.717) is 12.0 Å². The van der Waals surface area contributed by atoms with Crippen molar-refractivity contribution in [1.29, 1.82) is 0 Å². The minimum Gasteiger partial charge on any atom is -0.325 e. The van der Waals surface area contributed by atoms with Crippen LogP contribution in [0.3, 0.4) is 0 Å². The molecular formula is C24H21N3O3S. The van der Waals surface area contributed by atoms with Gasteiger partial charge in [-0.25, -0.2) is 0 Å². The Morgan fingerprint density at radius 2 is 1.74 bits per heavy atom. The zero-order valence-corrected chi connectivity index (χ0v) is 17.7. The molecule has 3 aromatic carbocycles. The smallest absolute Gasteiger partial charge is 0.265 e. The summed E-state index contributed by atoms with van der Waals surface area (Å²) in [4.78, 5) is 42.1. The number of fused-ring (bicyclic) bond motifs is 1. The maximum Gasteiger partial charge on any atom is 0.265 e. The highest BCUT2D eigenvalue weighted by molar-refractivity contribution is 8.15. The fraction of sp³-hybridized carbons (Fsp3) is 0.167. The number of hydrogen-bond donors (Lipinski definition) is 2. The minimum absolute atomic E-state index is 0.155. The van der Waals surface area contributed by atoms with Gasteiger partial charge in [-0.15, -0.1) is 0 Å². The lowest BCUT2D eigenvalue weighted by Gasteiger charge is -2.22. The number of carbonyl (C=O) groups excluding carboxylic acids is 3. The second-order valence-corrected chi connectivity index (χ2v) is 8.31. The molecule has 156 valence electrons. The van der Waals surface area contributed by atoms with Gasteiger partial charge in [0.1, 0.15) is 5.92 Å². The van der Waals surface area contributed by atoms with Gasteiger partial charge in [0, 0.05) is 11.1 Å². The van der Waals surface area contributed by atoms with Gasteiger partial charge in [0.15, 0.2) is 5.17 Å². The molecule has 0 aliphatic carbocycles. The van der Waals surface area contributed by atoms with Gasteiger partial charge in [-0.2, -0.15) is 4.99 Å².